The average molecular weight is 423 g/mol. The van der Waals surface area contributed by atoms with Crippen molar-refractivity contribution in [2.45, 2.75) is 59.5 Å². The molecule has 2 aromatic carbocycles. The summed E-state index contributed by atoms with van der Waals surface area (Å²) in [5.41, 5.74) is 4.51. The molecule has 0 aliphatic carbocycles. The number of aromatic hydroxyl groups is 2. The molecule has 4 rings (SSSR count). The van der Waals surface area contributed by atoms with Gasteiger partial charge in [0.05, 0.1) is 5.56 Å². The Balaban J connectivity index is 1.49. The minimum Gasteiger partial charge on any atom is -0.508 e. The van der Waals surface area contributed by atoms with Gasteiger partial charge in [-0.2, -0.15) is 0 Å². The largest absolute Gasteiger partial charge is 0.508 e. The zero-order valence-electron chi connectivity index (χ0n) is 19.1. The fraction of sp³-hybridized carbons (Fsp3) is 0.500. The number of rotatable bonds is 4. The van der Waals surface area contributed by atoms with E-state index in [9.17, 15) is 15.0 Å². The third-order valence-electron chi connectivity index (χ3n) is 7.04. The van der Waals surface area contributed by atoms with E-state index in [2.05, 4.69) is 36.9 Å². The molecule has 166 valence electrons. The summed E-state index contributed by atoms with van der Waals surface area (Å²) in [5, 5.41) is 20.4. The normalized spacial score (nSPS) is 17.0. The Labute approximate surface area is 185 Å². The van der Waals surface area contributed by atoms with Gasteiger partial charge in [-0.05, 0) is 65.5 Å². The zero-order chi connectivity index (χ0) is 22.3. The van der Waals surface area contributed by atoms with Gasteiger partial charge in [0.1, 0.15) is 11.5 Å². The first-order valence-corrected chi connectivity index (χ1v) is 11.5. The van der Waals surface area contributed by atoms with Crippen LogP contribution < -0.4 is 4.90 Å². The van der Waals surface area contributed by atoms with Crippen molar-refractivity contribution in [3.63, 3.8) is 0 Å². The van der Waals surface area contributed by atoms with Crippen LogP contribution in [0.2, 0.25) is 0 Å². The fourth-order valence-electron chi connectivity index (χ4n) is 4.94. The number of hydrogen-bond acceptors (Lipinski definition) is 4. The summed E-state index contributed by atoms with van der Waals surface area (Å²) in [6, 6.07) is 9.46. The van der Waals surface area contributed by atoms with Gasteiger partial charge in [0, 0.05) is 37.9 Å². The van der Waals surface area contributed by atoms with E-state index >= 15 is 0 Å². The van der Waals surface area contributed by atoms with Gasteiger partial charge in [0.15, 0.2) is 0 Å². The van der Waals surface area contributed by atoms with Crippen LogP contribution in [-0.4, -0.2) is 34.1 Å². The van der Waals surface area contributed by atoms with E-state index in [4.69, 9.17) is 0 Å². The monoisotopic (exact) mass is 422 g/mol. The highest BCUT2D eigenvalue weighted by atomic mass is 16.3. The quantitative estimate of drug-likeness (QED) is 0.706. The van der Waals surface area contributed by atoms with Crippen molar-refractivity contribution in [3.8, 4) is 11.5 Å². The van der Waals surface area contributed by atoms with Crippen molar-refractivity contribution in [2.24, 2.45) is 11.8 Å². The summed E-state index contributed by atoms with van der Waals surface area (Å²) in [6.07, 6.45) is 2.47. The number of benzene rings is 2. The molecule has 0 saturated carbocycles. The van der Waals surface area contributed by atoms with Crippen LogP contribution in [0.3, 0.4) is 0 Å². The van der Waals surface area contributed by atoms with Crippen LogP contribution in [0.25, 0.3) is 0 Å². The lowest BCUT2D eigenvalue weighted by atomic mass is 9.86. The summed E-state index contributed by atoms with van der Waals surface area (Å²) < 4.78 is 0. The van der Waals surface area contributed by atoms with Gasteiger partial charge in [-0.1, -0.05) is 33.8 Å². The molecular weight excluding hydrogens is 388 g/mol. The molecule has 0 unspecified atom stereocenters. The van der Waals surface area contributed by atoms with E-state index < -0.39 is 0 Å². The maximum atomic E-state index is 13.2. The Kier molecular flexibility index (Phi) is 5.87. The summed E-state index contributed by atoms with van der Waals surface area (Å²) >= 11 is 0. The minimum absolute atomic E-state index is 0.0274. The summed E-state index contributed by atoms with van der Waals surface area (Å²) in [7, 11) is 0. The molecule has 5 heteroatoms. The van der Waals surface area contributed by atoms with Gasteiger partial charge in [-0.3, -0.25) is 4.79 Å². The number of anilines is 1. The molecule has 5 nitrogen and oxygen atoms in total. The molecule has 1 amide bonds. The van der Waals surface area contributed by atoms with Crippen LogP contribution in [0, 0.1) is 11.8 Å². The van der Waals surface area contributed by atoms with Crippen LogP contribution in [-0.2, 0) is 13.1 Å². The summed E-state index contributed by atoms with van der Waals surface area (Å²) in [6.45, 7) is 11.8. The van der Waals surface area contributed by atoms with E-state index in [-0.39, 0.29) is 28.9 Å². The number of carbonyl (C=O) groups excluding carboxylic acids is 1. The van der Waals surface area contributed by atoms with Gasteiger partial charge in [0.2, 0.25) is 0 Å². The van der Waals surface area contributed by atoms with Gasteiger partial charge < -0.3 is 20.0 Å². The van der Waals surface area contributed by atoms with Crippen molar-refractivity contribution >= 4 is 11.6 Å². The van der Waals surface area contributed by atoms with E-state index in [1.165, 1.54) is 30.2 Å². The SMILES string of the molecule is CC(C)c1cc(C(=O)N2Cc3ccc(N4CCC(C(C)C)CC4)cc3C2)c(O)cc1O. The van der Waals surface area contributed by atoms with E-state index in [1.54, 1.807) is 11.0 Å². The van der Waals surface area contributed by atoms with Crippen LogP contribution >= 0.6 is 0 Å². The van der Waals surface area contributed by atoms with Crippen molar-refractivity contribution in [1.82, 2.24) is 4.90 Å². The predicted molar refractivity (Wildman–Crippen MR) is 124 cm³/mol. The summed E-state index contributed by atoms with van der Waals surface area (Å²) in [4.78, 5) is 17.4. The van der Waals surface area contributed by atoms with Crippen LogP contribution in [0.15, 0.2) is 30.3 Å². The lowest BCUT2D eigenvalue weighted by Gasteiger charge is -2.35. The van der Waals surface area contributed by atoms with Crippen molar-refractivity contribution in [3.05, 3.63) is 52.6 Å². The third-order valence-corrected chi connectivity index (χ3v) is 7.04. The molecule has 0 radical (unpaired) electrons. The topological polar surface area (TPSA) is 64.0 Å². The molecular formula is C26H34N2O3. The highest BCUT2D eigenvalue weighted by Gasteiger charge is 2.28. The highest BCUT2D eigenvalue weighted by Crippen LogP contribution is 2.35. The highest BCUT2D eigenvalue weighted by molar-refractivity contribution is 5.97. The number of hydrogen-bond donors (Lipinski definition) is 2. The lowest BCUT2D eigenvalue weighted by molar-refractivity contribution is 0.0748. The Morgan fingerprint density at radius 3 is 2.26 bits per heavy atom. The maximum absolute atomic E-state index is 13.2. The Morgan fingerprint density at radius 2 is 1.61 bits per heavy atom. The second-order valence-electron chi connectivity index (χ2n) is 9.77. The molecule has 1 saturated heterocycles. The first kappa shape index (κ1) is 21.5. The molecule has 0 aromatic heterocycles. The van der Waals surface area contributed by atoms with E-state index in [0.717, 1.165) is 30.5 Å². The Bertz CT molecular complexity index is 975. The third kappa shape index (κ3) is 4.23. The van der Waals surface area contributed by atoms with Crippen LogP contribution in [0.1, 0.15) is 73.5 Å². The van der Waals surface area contributed by atoms with E-state index in [1.807, 2.05) is 13.8 Å². The molecule has 2 aliphatic rings. The molecule has 1 fully saturated rings. The number of piperidine rings is 1. The first-order valence-electron chi connectivity index (χ1n) is 11.5. The molecule has 2 heterocycles. The van der Waals surface area contributed by atoms with Gasteiger partial charge >= 0.3 is 0 Å². The molecule has 2 N–H and O–H groups in total. The Hall–Kier alpha value is -2.69. The molecule has 2 aromatic rings. The molecule has 31 heavy (non-hydrogen) atoms. The van der Waals surface area contributed by atoms with Crippen LogP contribution in [0.5, 0.6) is 11.5 Å². The number of phenols is 2. The number of amides is 1. The smallest absolute Gasteiger partial charge is 0.258 e. The van der Waals surface area contributed by atoms with Gasteiger partial charge in [-0.15, -0.1) is 0 Å². The standard InChI is InChI=1S/C26H34N2O3/c1-16(2)18-7-9-27(10-8-18)21-6-5-19-14-28(15-20(19)11-21)26(31)23-12-22(17(3)4)24(29)13-25(23)30/h5-6,11-13,16-18,29-30H,7-10,14-15H2,1-4H3. The molecule has 2 aliphatic heterocycles. The predicted octanol–water partition coefficient (Wildman–Crippen LogP) is 5.25. The number of nitrogens with zero attached hydrogens (tertiary/aromatic N) is 2. The van der Waals surface area contributed by atoms with Crippen LogP contribution in [0.4, 0.5) is 5.69 Å². The number of fused-ring (bicyclic) bond motifs is 1. The van der Waals surface area contributed by atoms with Crippen molar-refractivity contribution in [1.29, 1.82) is 0 Å². The molecule has 0 spiro atoms. The second kappa shape index (κ2) is 8.45. The molecule has 0 bridgehead atoms. The molecule has 0 atom stereocenters. The first-order chi connectivity index (χ1) is 14.7. The average Bonchev–Trinajstić information content (AvgIpc) is 3.16. The number of phenolic OH excluding ortho intramolecular Hbond substituents is 2. The van der Waals surface area contributed by atoms with Gasteiger partial charge in [-0.25, -0.2) is 0 Å². The van der Waals surface area contributed by atoms with Gasteiger partial charge in [0.25, 0.3) is 5.91 Å². The Morgan fingerprint density at radius 1 is 0.935 bits per heavy atom. The second-order valence-corrected chi connectivity index (χ2v) is 9.77. The van der Waals surface area contributed by atoms with Crippen molar-refractivity contribution < 1.29 is 15.0 Å². The minimum atomic E-state index is -0.199. The summed E-state index contributed by atoms with van der Waals surface area (Å²) in [5.74, 6) is 1.28. The number of carbonyl (C=O) groups is 1. The zero-order valence-corrected chi connectivity index (χ0v) is 19.1. The van der Waals surface area contributed by atoms with E-state index in [0.29, 0.717) is 18.7 Å². The van der Waals surface area contributed by atoms with Crippen molar-refractivity contribution in [2.75, 3.05) is 18.0 Å². The fourth-order valence-corrected chi connectivity index (χ4v) is 4.94. The lowest BCUT2D eigenvalue weighted by Crippen LogP contribution is -2.35. The maximum Gasteiger partial charge on any atom is 0.258 e.